The van der Waals surface area contributed by atoms with Crippen molar-refractivity contribution < 1.29 is 31.5 Å². The molecule has 1 heterocycles. The van der Waals surface area contributed by atoms with Crippen molar-refractivity contribution >= 4 is 34.1 Å². The topological polar surface area (TPSA) is 54.1 Å². The monoisotopic (exact) mass is 404 g/mol. The van der Waals surface area contributed by atoms with Gasteiger partial charge >= 0.3 is 6.18 Å². The molecule has 27 heavy (non-hydrogen) atoms. The van der Waals surface area contributed by atoms with Crippen molar-refractivity contribution in [3.05, 3.63) is 58.7 Å². The average molecular weight is 405 g/mol. The normalized spacial score (nSPS) is 11.6. The summed E-state index contributed by atoms with van der Waals surface area (Å²) in [6, 6.07) is 5.30. The van der Waals surface area contributed by atoms with Crippen LogP contribution < -0.4 is 10.1 Å². The smallest absolute Gasteiger partial charge is 0.422 e. The maximum Gasteiger partial charge on any atom is 0.422 e. The molecule has 2 aromatic carbocycles. The third kappa shape index (κ3) is 4.30. The number of H-pyrrole nitrogens is 1. The Morgan fingerprint density at radius 3 is 2.52 bits per heavy atom. The van der Waals surface area contributed by atoms with Gasteiger partial charge in [0.1, 0.15) is 5.75 Å². The lowest BCUT2D eigenvalue weighted by Crippen LogP contribution is -2.19. The largest absolute Gasteiger partial charge is 0.484 e. The van der Waals surface area contributed by atoms with Gasteiger partial charge in [-0.05, 0) is 24.3 Å². The summed E-state index contributed by atoms with van der Waals surface area (Å²) in [6.45, 7) is -1.49. The number of aromatic nitrogens is 1. The highest BCUT2D eigenvalue weighted by molar-refractivity contribution is 6.34. The van der Waals surface area contributed by atoms with Gasteiger partial charge in [-0.25, -0.2) is 8.78 Å². The van der Waals surface area contributed by atoms with E-state index in [9.17, 15) is 26.7 Å². The van der Waals surface area contributed by atoms with Crippen LogP contribution in [-0.4, -0.2) is 23.7 Å². The number of halogens is 6. The van der Waals surface area contributed by atoms with Gasteiger partial charge < -0.3 is 15.0 Å². The Labute approximate surface area is 153 Å². The van der Waals surface area contributed by atoms with E-state index in [0.29, 0.717) is 0 Å². The lowest BCUT2D eigenvalue weighted by atomic mass is 10.2. The summed E-state index contributed by atoms with van der Waals surface area (Å²) in [5.74, 6) is -2.96. The zero-order chi connectivity index (χ0) is 19.8. The molecule has 0 atom stereocenters. The highest BCUT2D eigenvalue weighted by Gasteiger charge is 2.28. The number of carbonyl (C=O) groups is 1. The standard InChI is InChI=1S/C17H10ClF5N2O2/c18-11-3-8(27-7-17(21,22)23)1-2-9(11)16(26)25-15-6-24-14-5-13(20)12(19)4-10(14)15/h1-6,24H,7H2,(H,25,26). The molecule has 4 nitrogen and oxygen atoms in total. The second-order valence-corrected chi connectivity index (χ2v) is 5.92. The number of fused-ring (bicyclic) bond motifs is 1. The molecule has 0 saturated carbocycles. The molecule has 2 N–H and O–H groups in total. The van der Waals surface area contributed by atoms with Crippen molar-refractivity contribution in [2.75, 3.05) is 11.9 Å². The van der Waals surface area contributed by atoms with Gasteiger partial charge in [-0.1, -0.05) is 11.6 Å². The van der Waals surface area contributed by atoms with Gasteiger partial charge in [0.25, 0.3) is 5.91 Å². The number of aromatic amines is 1. The van der Waals surface area contributed by atoms with E-state index in [0.717, 1.165) is 24.3 Å². The molecule has 0 saturated heterocycles. The predicted molar refractivity (Wildman–Crippen MR) is 89.2 cm³/mol. The zero-order valence-corrected chi connectivity index (χ0v) is 14.0. The summed E-state index contributed by atoms with van der Waals surface area (Å²) in [5.41, 5.74) is 0.418. The molecule has 0 aliphatic carbocycles. The van der Waals surface area contributed by atoms with Gasteiger partial charge in [-0.2, -0.15) is 13.2 Å². The van der Waals surface area contributed by atoms with Crippen LogP contribution in [0.25, 0.3) is 10.9 Å². The van der Waals surface area contributed by atoms with Gasteiger partial charge in [-0.15, -0.1) is 0 Å². The summed E-state index contributed by atoms with van der Waals surface area (Å²) in [4.78, 5) is 15.0. The van der Waals surface area contributed by atoms with Gasteiger partial charge in [-0.3, -0.25) is 4.79 Å². The lowest BCUT2D eigenvalue weighted by molar-refractivity contribution is -0.153. The molecule has 0 spiro atoms. The number of amides is 1. The molecule has 10 heteroatoms. The number of hydrogen-bond acceptors (Lipinski definition) is 2. The molecule has 0 radical (unpaired) electrons. The van der Waals surface area contributed by atoms with E-state index in [1.54, 1.807) is 0 Å². The van der Waals surface area contributed by atoms with Crippen molar-refractivity contribution in [1.82, 2.24) is 4.98 Å². The van der Waals surface area contributed by atoms with Crippen LogP contribution in [0, 0.1) is 11.6 Å². The van der Waals surface area contributed by atoms with Crippen LogP contribution in [0.2, 0.25) is 5.02 Å². The molecule has 0 bridgehead atoms. The number of anilines is 1. The van der Waals surface area contributed by atoms with Crippen molar-refractivity contribution in [2.45, 2.75) is 6.18 Å². The van der Waals surface area contributed by atoms with Crippen LogP contribution in [0.15, 0.2) is 36.5 Å². The SMILES string of the molecule is O=C(Nc1c[nH]c2cc(F)c(F)cc12)c1ccc(OCC(F)(F)F)cc1Cl. The fraction of sp³-hybridized carbons (Fsp3) is 0.118. The van der Waals surface area contributed by atoms with Crippen molar-refractivity contribution in [2.24, 2.45) is 0 Å². The van der Waals surface area contributed by atoms with Crippen LogP contribution in [0.5, 0.6) is 5.75 Å². The first-order valence-electron chi connectivity index (χ1n) is 7.40. The number of nitrogens with one attached hydrogen (secondary N) is 2. The molecule has 1 aromatic heterocycles. The maximum atomic E-state index is 13.4. The molecule has 1 amide bonds. The minimum Gasteiger partial charge on any atom is -0.484 e. The second-order valence-electron chi connectivity index (χ2n) is 5.51. The molecule has 3 aromatic rings. The first-order valence-corrected chi connectivity index (χ1v) is 7.78. The summed E-state index contributed by atoms with van der Waals surface area (Å²) in [5, 5.41) is 2.58. The maximum absolute atomic E-state index is 13.4. The molecule has 0 fully saturated rings. The Kier molecular flexibility index (Phi) is 4.97. The lowest BCUT2D eigenvalue weighted by Gasteiger charge is -2.11. The number of rotatable bonds is 4. The van der Waals surface area contributed by atoms with Crippen LogP contribution in [0.4, 0.5) is 27.6 Å². The summed E-state index contributed by atoms with van der Waals surface area (Å²) in [7, 11) is 0. The van der Waals surface area contributed by atoms with E-state index in [1.807, 2.05) is 0 Å². The minimum absolute atomic E-state index is 0.0343. The molecule has 0 unspecified atom stereocenters. The van der Waals surface area contributed by atoms with E-state index >= 15 is 0 Å². The predicted octanol–water partition coefficient (Wildman–Crippen LogP) is 5.29. The van der Waals surface area contributed by atoms with Gasteiger partial charge in [0.2, 0.25) is 0 Å². The van der Waals surface area contributed by atoms with Crippen molar-refractivity contribution in [3.63, 3.8) is 0 Å². The third-order valence-corrected chi connectivity index (χ3v) is 3.87. The fourth-order valence-electron chi connectivity index (χ4n) is 2.34. The number of benzene rings is 2. The fourth-order valence-corrected chi connectivity index (χ4v) is 2.60. The van der Waals surface area contributed by atoms with E-state index in [4.69, 9.17) is 11.6 Å². The van der Waals surface area contributed by atoms with Crippen LogP contribution in [0.1, 0.15) is 10.4 Å². The van der Waals surface area contributed by atoms with Gasteiger partial charge in [0.05, 0.1) is 21.8 Å². The Hall–Kier alpha value is -2.81. The molecule has 142 valence electrons. The molecule has 3 rings (SSSR count). The zero-order valence-electron chi connectivity index (χ0n) is 13.3. The first kappa shape index (κ1) is 19.0. The van der Waals surface area contributed by atoms with E-state index in [2.05, 4.69) is 15.0 Å². The van der Waals surface area contributed by atoms with Gasteiger partial charge in [0.15, 0.2) is 18.2 Å². The molecular formula is C17H10ClF5N2O2. The quantitative estimate of drug-likeness (QED) is 0.580. The average Bonchev–Trinajstić information content (AvgIpc) is 2.94. The summed E-state index contributed by atoms with van der Waals surface area (Å²) in [6.07, 6.45) is -3.16. The summed E-state index contributed by atoms with van der Waals surface area (Å²) < 4.78 is 67.7. The molecule has 0 aliphatic heterocycles. The minimum atomic E-state index is -4.51. The Morgan fingerprint density at radius 1 is 1.15 bits per heavy atom. The van der Waals surface area contributed by atoms with Crippen LogP contribution in [-0.2, 0) is 0 Å². The third-order valence-electron chi connectivity index (χ3n) is 3.56. The van der Waals surface area contributed by atoms with E-state index < -0.39 is 30.3 Å². The van der Waals surface area contributed by atoms with E-state index in [1.165, 1.54) is 12.3 Å². The van der Waals surface area contributed by atoms with Crippen molar-refractivity contribution in [1.29, 1.82) is 0 Å². The Morgan fingerprint density at radius 2 is 1.85 bits per heavy atom. The highest BCUT2D eigenvalue weighted by Crippen LogP contribution is 2.28. The van der Waals surface area contributed by atoms with E-state index in [-0.39, 0.29) is 32.9 Å². The Bertz CT molecular complexity index is 1020. The number of ether oxygens (including phenoxy) is 1. The molecular weight excluding hydrogens is 395 g/mol. The Balaban J connectivity index is 1.79. The van der Waals surface area contributed by atoms with Crippen molar-refractivity contribution in [3.8, 4) is 5.75 Å². The van der Waals surface area contributed by atoms with Crippen LogP contribution in [0.3, 0.4) is 0 Å². The highest BCUT2D eigenvalue weighted by atomic mass is 35.5. The summed E-state index contributed by atoms with van der Waals surface area (Å²) >= 11 is 5.94. The number of hydrogen-bond donors (Lipinski definition) is 2. The first-order chi connectivity index (χ1) is 12.6. The molecule has 0 aliphatic rings. The number of alkyl halides is 3. The second kappa shape index (κ2) is 7.07. The van der Waals surface area contributed by atoms with Crippen LogP contribution >= 0.6 is 11.6 Å². The van der Waals surface area contributed by atoms with Gasteiger partial charge in [0, 0.05) is 17.6 Å². The number of carbonyl (C=O) groups excluding carboxylic acids is 1.